The molecule has 0 radical (unpaired) electrons. The van der Waals surface area contributed by atoms with Crippen LogP contribution >= 0.6 is 0 Å². The van der Waals surface area contributed by atoms with Crippen LogP contribution in [0, 0.1) is 0 Å². The van der Waals surface area contributed by atoms with E-state index < -0.39 is 0 Å². The smallest absolute Gasteiger partial charge is 0.160 e. The first kappa shape index (κ1) is 34.3. The van der Waals surface area contributed by atoms with Crippen LogP contribution < -0.4 is 0 Å². The van der Waals surface area contributed by atoms with Crippen molar-refractivity contribution in [1.29, 1.82) is 0 Å². The Morgan fingerprint density at radius 1 is 0.474 bits per heavy atom. The lowest BCUT2D eigenvalue weighted by molar-refractivity contribution is 1.18. The molecular weight excluding hydrogens is 691 g/mol. The number of amidine groups is 1. The minimum absolute atomic E-state index is 0.619. The van der Waals surface area contributed by atoms with Crippen LogP contribution in [0.1, 0.15) is 45.9 Å². The maximum absolute atomic E-state index is 5.37. The van der Waals surface area contributed by atoms with Gasteiger partial charge in [-0.05, 0) is 85.8 Å². The standard InChI is InChI=1S/C54H39N3/c1-35(37-16-6-3-7-17-37)55-54(56-36(2)38-18-8-4-9-19-38)47-31-30-42(32-48(47)40-20-10-5-11-21-40)39-26-28-41(29-27-39)51-49-33-43-22-12-14-24-45(43)52(49)57-53-46-25-15-13-23-44(46)34-50(51)53/h3-32H,1,33-34H2,2H3. The van der Waals surface area contributed by atoms with Gasteiger partial charge in [0.25, 0.3) is 0 Å². The highest BCUT2D eigenvalue weighted by Gasteiger charge is 2.31. The molecule has 57 heavy (non-hydrogen) atoms. The molecule has 0 fully saturated rings. The molecule has 0 atom stereocenters. The molecular formula is C54H39N3. The predicted molar refractivity (Wildman–Crippen MR) is 238 cm³/mol. The Kier molecular flexibility index (Phi) is 8.69. The number of hydrogen-bond acceptors (Lipinski definition) is 2. The van der Waals surface area contributed by atoms with E-state index >= 15 is 0 Å². The van der Waals surface area contributed by atoms with E-state index in [-0.39, 0.29) is 0 Å². The first-order chi connectivity index (χ1) is 28.1. The summed E-state index contributed by atoms with van der Waals surface area (Å²) in [6.07, 6.45) is 1.79. The van der Waals surface area contributed by atoms with Crippen molar-refractivity contribution in [3.8, 4) is 55.9 Å². The van der Waals surface area contributed by atoms with Crippen molar-refractivity contribution in [2.24, 2.45) is 9.98 Å². The zero-order chi connectivity index (χ0) is 38.3. The average molecular weight is 730 g/mol. The van der Waals surface area contributed by atoms with E-state index in [1.807, 2.05) is 55.5 Å². The lowest BCUT2D eigenvalue weighted by Crippen LogP contribution is -2.06. The molecule has 0 spiro atoms. The van der Waals surface area contributed by atoms with Gasteiger partial charge in [0.05, 0.1) is 17.1 Å². The quantitative estimate of drug-likeness (QED) is 0.119. The van der Waals surface area contributed by atoms with Crippen LogP contribution in [0.2, 0.25) is 0 Å². The molecule has 2 aliphatic carbocycles. The number of aliphatic imine (C=N–C) groups is 2. The lowest BCUT2D eigenvalue weighted by Gasteiger charge is -2.16. The van der Waals surface area contributed by atoms with Gasteiger partial charge in [0.15, 0.2) is 5.84 Å². The SMILES string of the molecule is C=C(N=C(N=C(C)c1ccccc1)c1ccc(-c2ccc(-c3c4c(nc5c3Cc3ccccc3-5)-c3ccccc3C4)cc2)cc1-c1ccccc1)c1ccccc1. The minimum Gasteiger partial charge on any atom is -0.247 e. The van der Waals surface area contributed by atoms with E-state index in [0.29, 0.717) is 11.5 Å². The Labute approximate surface area is 334 Å². The molecule has 1 aromatic heterocycles. The third-order valence-corrected chi connectivity index (χ3v) is 11.3. The molecule has 0 saturated heterocycles. The van der Waals surface area contributed by atoms with Crippen LogP contribution in [-0.4, -0.2) is 16.5 Å². The van der Waals surface area contributed by atoms with Crippen LogP contribution in [0.25, 0.3) is 61.6 Å². The Balaban J connectivity index is 1.08. The summed E-state index contributed by atoms with van der Waals surface area (Å²) < 4.78 is 0. The van der Waals surface area contributed by atoms with E-state index in [1.54, 1.807) is 0 Å². The summed E-state index contributed by atoms with van der Waals surface area (Å²) in [6.45, 7) is 6.42. The largest absolute Gasteiger partial charge is 0.247 e. The second kappa shape index (κ2) is 14.4. The fraction of sp³-hybridized carbons (Fsp3) is 0.0556. The van der Waals surface area contributed by atoms with Crippen molar-refractivity contribution < 1.29 is 0 Å². The Morgan fingerprint density at radius 3 is 1.60 bits per heavy atom. The summed E-state index contributed by atoms with van der Waals surface area (Å²) in [5.74, 6) is 0.619. The van der Waals surface area contributed by atoms with Crippen molar-refractivity contribution in [3.05, 3.63) is 228 Å². The van der Waals surface area contributed by atoms with E-state index in [9.17, 15) is 0 Å². The Morgan fingerprint density at radius 2 is 0.982 bits per heavy atom. The average Bonchev–Trinajstić information content (AvgIpc) is 3.84. The van der Waals surface area contributed by atoms with E-state index in [1.165, 1.54) is 44.5 Å². The molecule has 0 N–H and O–H groups in total. The fourth-order valence-electron chi connectivity index (χ4n) is 8.47. The number of nitrogens with zero attached hydrogens (tertiary/aromatic N) is 3. The van der Waals surface area contributed by atoms with Gasteiger partial charge in [-0.25, -0.2) is 15.0 Å². The van der Waals surface area contributed by atoms with Gasteiger partial charge in [-0.3, -0.25) is 0 Å². The van der Waals surface area contributed by atoms with E-state index in [2.05, 4.69) is 140 Å². The number of fused-ring (bicyclic) bond motifs is 6. The molecule has 10 rings (SSSR count). The van der Waals surface area contributed by atoms with Crippen LogP contribution in [-0.2, 0) is 12.8 Å². The number of rotatable bonds is 7. The molecule has 0 unspecified atom stereocenters. The zero-order valence-corrected chi connectivity index (χ0v) is 31.8. The van der Waals surface area contributed by atoms with Crippen molar-refractivity contribution >= 4 is 17.2 Å². The van der Waals surface area contributed by atoms with Gasteiger partial charge in [-0.1, -0.05) is 176 Å². The summed E-state index contributed by atoms with van der Waals surface area (Å²) in [5.41, 5.74) is 21.6. The fourth-order valence-corrected chi connectivity index (χ4v) is 8.47. The molecule has 2 aliphatic rings. The van der Waals surface area contributed by atoms with Gasteiger partial charge in [-0.2, -0.15) is 0 Å². The van der Waals surface area contributed by atoms with Crippen molar-refractivity contribution in [2.75, 3.05) is 0 Å². The molecule has 270 valence electrons. The molecule has 0 aliphatic heterocycles. The summed E-state index contributed by atoms with van der Waals surface area (Å²) in [4.78, 5) is 15.7. The molecule has 8 aromatic rings. The van der Waals surface area contributed by atoms with Crippen molar-refractivity contribution in [3.63, 3.8) is 0 Å². The van der Waals surface area contributed by atoms with Crippen LogP contribution in [0.4, 0.5) is 0 Å². The molecule has 0 amide bonds. The zero-order valence-electron chi connectivity index (χ0n) is 31.8. The van der Waals surface area contributed by atoms with Crippen LogP contribution in [0.15, 0.2) is 199 Å². The van der Waals surface area contributed by atoms with Crippen molar-refractivity contribution in [2.45, 2.75) is 19.8 Å². The van der Waals surface area contributed by atoms with Gasteiger partial charge < -0.3 is 0 Å². The Bertz CT molecular complexity index is 2810. The van der Waals surface area contributed by atoms with Gasteiger partial charge in [-0.15, -0.1) is 0 Å². The second-order valence-electron chi connectivity index (χ2n) is 14.8. The highest BCUT2D eigenvalue weighted by molar-refractivity contribution is 6.15. The Hall–Kier alpha value is -7.23. The van der Waals surface area contributed by atoms with E-state index in [0.717, 1.165) is 68.9 Å². The topological polar surface area (TPSA) is 37.6 Å². The second-order valence-corrected chi connectivity index (χ2v) is 14.8. The molecule has 3 nitrogen and oxygen atoms in total. The maximum atomic E-state index is 5.37. The number of benzene rings is 7. The maximum Gasteiger partial charge on any atom is 0.160 e. The van der Waals surface area contributed by atoms with Crippen LogP contribution in [0.5, 0.6) is 0 Å². The molecule has 0 bridgehead atoms. The summed E-state index contributed by atoms with van der Waals surface area (Å²) >= 11 is 0. The van der Waals surface area contributed by atoms with E-state index in [4.69, 9.17) is 15.0 Å². The molecule has 0 saturated carbocycles. The number of aromatic nitrogens is 1. The first-order valence-electron chi connectivity index (χ1n) is 19.6. The molecule has 7 aromatic carbocycles. The summed E-state index contributed by atoms with van der Waals surface area (Å²) in [5, 5.41) is 0. The number of pyridine rings is 1. The number of hydrogen-bond donors (Lipinski definition) is 0. The first-order valence-corrected chi connectivity index (χ1v) is 19.6. The third-order valence-electron chi connectivity index (χ3n) is 11.3. The van der Waals surface area contributed by atoms with Gasteiger partial charge in [0.1, 0.15) is 0 Å². The van der Waals surface area contributed by atoms with Crippen LogP contribution in [0.3, 0.4) is 0 Å². The normalized spacial score (nSPS) is 12.8. The minimum atomic E-state index is 0.619. The van der Waals surface area contributed by atoms with Gasteiger partial charge in [0, 0.05) is 35.2 Å². The summed E-state index contributed by atoms with van der Waals surface area (Å²) in [7, 11) is 0. The summed E-state index contributed by atoms with van der Waals surface area (Å²) in [6, 6.07) is 64.2. The van der Waals surface area contributed by atoms with Gasteiger partial charge in [0.2, 0.25) is 0 Å². The van der Waals surface area contributed by atoms with Gasteiger partial charge >= 0.3 is 0 Å². The lowest BCUT2D eigenvalue weighted by atomic mass is 9.90. The highest BCUT2D eigenvalue weighted by atomic mass is 14.9. The monoisotopic (exact) mass is 729 g/mol. The predicted octanol–water partition coefficient (Wildman–Crippen LogP) is 13.2. The molecule has 3 heteroatoms. The molecule has 1 heterocycles. The van der Waals surface area contributed by atoms with Crippen molar-refractivity contribution in [1.82, 2.24) is 4.98 Å². The highest BCUT2D eigenvalue weighted by Crippen LogP contribution is 2.49. The third kappa shape index (κ3) is 6.33.